The molecule has 4 rings (SSSR count). The summed E-state index contributed by atoms with van der Waals surface area (Å²) in [6.45, 7) is 4.17. The highest BCUT2D eigenvalue weighted by atomic mass is 32.1. The molecule has 1 unspecified atom stereocenters. The number of aromatic nitrogens is 2. The molecule has 1 N–H and O–H groups in total. The van der Waals surface area contributed by atoms with Gasteiger partial charge in [0.2, 0.25) is 0 Å². The summed E-state index contributed by atoms with van der Waals surface area (Å²) in [7, 11) is 0. The van der Waals surface area contributed by atoms with Crippen LogP contribution in [0.1, 0.15) is 29.7 Å². The lowest BCUT2D eigenvalue weighted by atomic mass is 10.1. The Kier molecular flexibility index (Phi) is 5.35. The van der Waals surface area contributed by atoms with Crippen molar-refractivity contribution in [2.45, 2.75) is 38.4 Å². The van der Waals surface area contributed by atoms with Crippen molar-refractivity contribution in [3.05, 3.63) is 59.5 Å². The van der Waals surface area contributed by atoms with Gasteiger partial charge in [0.15, 0.2) is 0 Å². The molecule has 0 radical (unpaired) electrons. The Morgan fingerprint density at radius 3 is 2.84 bits per heavy atom. The second kappa shape index (κ2) is 8.04. The van der Waals surface area contributed by atoms with Crippen LogP contribution in [0.2, 0.25) is 0 Å². The summed E-state index contributed by atoms with van der Waals surface area (Å²) in [4.78, 5) is 12.5. The van der Waals surface area contributed by atoms with Crippen LogP contribution in [0.5, 0.6) is 0 Å². The summed E-state index contributed by atoms with van der Waals surface area (Å²) in [6, 6.07) is 11.6. The van der Waals surface area contributed by atoms with E-state index in [2.05, 4.69) is 50.5 Å². The first-order valence-corrected chi connectivity index (χ1v) is 9.86. The summed E-state index contributed by atoms with van der Waals surface area (Å²) < 4.78 is 1.38. The Labute approximate surface area is 152 Å². The van der Waals surface area contributed by atoms with Crippen molar-refractivity contribution in [1.82, 2.24) is 20.2 Å². The number of hydrogen-bond acceptors (Lipinski definition) is 5. The molecule has 1 aliphatic rings. The molecule has 1 aromatic carbocycles. The van der Waals surface area contributed by atoms with E-state index in [4.69, 9.17) is 0 Å². The summed E-state index contributed by atoms with van der Waals surface area (Å²) in [5.74, 6) is 0. The van der Waals surface area contributed by atoms with Gasteiger partial charge in [-0.2, -0.15) is 0 Å². The smallest absolute Gasteiger partial charge is 0.115 e. The van der Waals surface area contributed by atoms with Gasteiger partial charge in [-0.05, 0) is 49.9 Å². The fourth-order valence-electron chi connectivity index (χ4n) is 3.64. The zero-order valence-electron chi connectivity index (χ0n) is 14.4. The Morgan fingerprint density at radius 1 is 1.08 bits per heavy atom. The zero-order chi connectivity index (χ0) is 16.9. The lowest BCUT2D eigenvalue weighted by Gasteiger charge is -2.30. The maximum atomic E-state index is 4.20. The molecule has 25 heavy (non-hydrogen) atoms. The van der Waals surface area contributed by atoms with Crippen molar-refractivity contribution in [1.29, 1.82) is 0 Å². The Hall–Kier alpha value is -1.82. The molecule has 1 aliphatic heterocycles. The first-order chi connectivity index (χ1) is 12.4. The van der Waals surface area contributed by atoms with Crippen LogP contribution in [0.4, 0.5) is 0 Å². The molecule has 4 nitrogen and oxygen atoms in total. The van der Waals surface area contributed by atoms with E-state index in [1.54, 1.807) is 6.33 Å². The van der Waals surface area contributed by atoms with Crippen LogP contribution in [0.15, 0.2) is 49.1 Å². The largest absolute Gasteiger partial charge is 0.317 e. The number of rotatable bonds is 5. The van der Waals surface area contributed by atoms with E-state index in [-0.39, 0.29) is 0 Å². The fourth-order valence-corrected chi connectivity index (χ4v) is 4.73. The number of benzene rings is 1. The van der Waals surface area contributed by atoms with Gasteiger partial charge in [0, 0.05) is 46.7 Å². The van der Waals surface area contributed by atoms with Crippen molar-refractivity contribution in [2.75, 3.05) is 13.1 Å². The Morgan fingerprint density at radius 2 is 1.96 bits per heavy atom. The molecule has 3 heterocycles. The van der Waals surface area contributed by atoms with Gasteiger partial charge in [-0.15, -0.1) is 11.3 Å². The van der Waals surface area contributed by atoms with E-state index >= 15 is 0 Å². The number of nitrogens with one attached hydrogen (secondary N) is 1. The quantitative estimate of drug-likeness (QED) is 0.757. The van der Waals surface area contributed by atoms with Crippen molar-refractivity contribution in [2.24, 2.45) is 0 Å². The number of nitrogens with zero attached hydrogens (tertiary/aromatic N) is 3. The lowest BCUT2D eigenvalue weighted by molar-refractivity contribution is 0.165. The molecule has 0 aliphatic carbocycles. The minimum absolute atomic E-state index is 0.611. The fraction of sp³-hybridized carbons (Fsp3) is 0.400. The third kappa shape index (κ3) is 4.24. The van der Waals surface area contributed by atoms with E-state index in [0.29, 0.717) is 6.04 Å². The van der Waals surface area contributed by atoms with Gasteiger partial charge in [0.25, 0.3) is 0 Å². The molecule has 5 heteroatoms. The maximum absolute atomic E-state index is 4.20. The average Bonchev–Trinajstić information content (AvgIpc) is 2.86. The highest BCUT2D eigenvalue weighted by molar-refractivity contribution is 7.19. The molecule has 1 atom stereocenters. The zero-order valence-corrected chi connectivity index (χ0v) is 15.2. The minimum Gasteiger partial charge on any atom is -0.317 e. The number of hydrogen-bond donors (Lipinski definition) is 1. The van der Waals surface area contributed by atoms with Crippen molar-refractivity contribution in [3.8, 4) is 0 Å². The van der Waals surface area contributed by atoms with Crippen molar-refractivity contribution >= 4 is 21.4 Å². The van der Waals surface area contributed by atoms with Crippen molar-refractivity contribution in [3.63, 3.8) is 0 Å². The SMILES string of the molecule is c1ccc2sc(CN(Cc3cncnc3)C3CCCNCC3)cc2c1. The highest BCUT2D eigenvalue weighted by Gasteiger charge is 2.21. The van der Waals surface area contributed by atoms with E-state index in [1.165, 1.54) is 39.8 Å². The molecular weight excluding hydrogens is 328 g/mol. The third-order valence-electron chi connectivity index (χ3n) is 4.90. The molecular formula is C20H24N4S. The monoisotopic (exact) mass is 352 g/mol. The lowest BCUT2D eigenvalue weighted by Crippen LogP contribution is -2.35. The Bertz CT molecular complexity index is 761. The van der Waals surface area contributed by atoms with Gasteiger partial charge >= 0.3 is 0 Å². The average molecular weight is 353 g/mol. The second-order valence-corrected chi connectivity index (χ2v) is 7.91. The van der Waals surface area contributed by atoms with E-state index in [0.717, 1.165) is 26.2 Å². The molecule has 3 aromatic rings. The molecule has 2 aromatic heterocycles. The molecule has 0 saturated carbocycles. The predicted molar refractivity (Wildman–Crippen MR) is 104 cm³/mol. The van der Waals surface area contributed by atoms with E-state index < -0.39 is 0 Å². The van der Waals surface area contributed by atoms with E-state index in [1.807, 2.05) is 23.7 Å². The summed E-state index contributed by atoms with van der Waals surface area (Å²) in [5.41, 5.74) is 1.20. The van der Waals surface area contributed by atoms with Gasteiger partial charge in [-0.1, -0.05) is 18.2 Å². The first kappa shape index (κ1) is 16.6. The van der Waals surface area contributed by atoms with Gasteiger partial charge in [-0.25, -0.2) is 9.97 Å². The van der Waals surface area contributed by atoms with Gasteiger partial charge in [-0.3, -0.25) is 4.90 Å². The Balaban J connectivity index is 1.57. The summed E-state index contributed by atoms with van der Waals surface area (Å²) >= 11 is 1.92. The van der Waals surface area contributed by atoms with Crippen LogP contribution in [-0.4, -0.2) is 34.0 Å². The van der Waals surface area contributed by atoms with Crippen LogP contribution in [0.3, 0.4) is 0 Å². The molecule has 130 valence electrons. The molecule has 0 bridgehead atoms. The standard InChI is InChI=1S/C20H24N4S/c1-2-6-20-17(4-1)10-19(25-20)14-24(13-16-11-22-15-23-12-16)18-5-3-8-21-9-7-18/h1-2,4,6,10-12,15,18,21H,3,5,7-9,13-14H2. The summed E-state index contributed by atoms with van der Waals surface area (Å²) in [5, 5.41) is 4.89. The summed E-state index contributed by atoms with van der Waals surface area (Å²) in [6.07, 6.45) is 9.21. The van der Waals surface area contributed by atoms with E-state index in [9.17, 15) is 0 Å². The number of thiophene rings is 1. The normalized spacial score (nSPS) is 18.5. The van der Waals surface area contributed by atoms with Crippen LogP contribution < -0.4 is 5.32 Å². The second-order valence-electron chi connectivity index (χ2n) is 6.74. The van der Waals surface area contributed by atoms with Crippen LogP contribution >= 0.6 is 11.3 Å². The maximum Gasteiger partial charge on any atom is 0.115 e. The van der Waals surface area contributed by atoms with Crippen LogP contribution in [0.25, 0.3) is 10.1 Å². The highest BCUT2D eigenvalue weighted by Crippen LogP contribution is 2.28. The first-order valence-electron chi connectivity index (χ1n) is 9.04. The van der Waals surface area contributed by atoms with Gasteiger partial charge in [0.1, 0.15) is 6.33 Å². The van der Waals surface area contributed by atoms with Gasteiger partial charge < -0.3 is 5.32 Å². The van der Waals surface area contributed by atoms with Crippen LogP contribution in [-0.2, 0) is 13.1 Å². The third-order valence-corrected chi connectivity index (χ3v) is 6.00. The van der Waals surface area contributed by atoms with Crippen LogP contribution in [0, 0.1) is 0 Å². The van der Waals surface area contributed by atoms with Gasteiger partial charge in [0.05, 0.1) is 0 Å². The minimum atomic E-state index is 0.611. The molecule has 0 spiro atoms. The molecule has 1 saturated heterocycles. The molecule has 0 amide bonds. The predicted octanol–water partition coefficient (Wildman–Crippen LogP) is 3.84. The molecule has 1 fully saturated rings. The topological polar surface area (TPSA) is 41.1 Å². The number of fused-ring (bicyclic) bond motifs is 1. The van der Waals surface area contributed by atoms with Crippen molar-refractivity contribution < 1.29 is 0 Å².